The summed E-state index contributed by atoms with van der Waals surface area (Å²) in [5, 5.41) is 0.297. The fourth-order valence-corrected chi connectivity index (χ4v) is 0.609. The van der Waals surface area contributed by atoms with E-state index >= 15 is 0 Å². The van der Waals surface area contributed by atoms with Crippen molar-refractivity contribution in [1.82, 2.24) is 0 Å². The highest BCUT2D eigenvalue weighted by Gasteiger charge is 1.99. The molecule has 0 bridgehead atoms. The smallest absolute Gasteiger partial charge is 0.316 e. The quantitative estimate of drug-likeness (QED) is 0.522. The number of hydrogen-bond acceptors (Lipinski definition) is 2. The van der Waals surface area contributed by atoms with Crippen LogP contribution >= 0.6 is 15.9 Å². The lowest BCUT2D eigenvalue weighted by atomic mass is 10.1. The van der Waals surface area contributed by atoms with Crippen LogP contribution in [0, 0.1) is 5.92 Å². The van der Waals surface area contributed by atoms with Gasteiger partial charge in [-0.05, 0) is 12.3 Å². The summed E-state index contributed by atoms with van der Waals surface area (Å²) in [6.07, 6.45) is 0.943. The lowest BCUT2D eigenvalue weighted by molar-refractivity contribution is -0.140. The Bertz CT molecular complexity index is 102. The van der Waals surface area contributed by atoms with Crippen LogP contribution in [-0.4, -0.2) is 17.9 Å². The molecule has 0 unspecified atom stereocenters. The van der Waals surface area contributed by atoms with Gasteiger partial charge in [-0.3, -0.25) is 4.79 Å². The number of alkyl halides is 1. The Morgan fingerprint density at radius 1 is 1.60 bits per heavy atom. The summed E-state index contributed by atoms with van der Waals surface area (Å²) in [5.74, 6) is 0.420. The van der Waals surface area contributed by atoms with Gasteiger partial charge in [0.2, 0.25) is 0 Å². The number of halogens is 1. The second-order valence-corrected chi connectivity index (χ2v) is 3.10. The van der Waals surface area contributed by atoms with E-state index in [0.29, 0.717) is 17.9 Å². The van der Waals surface area contributed by atoms with Crippen LogP contribution in [0.3, 0.4) is 0 Å². The molecule has 0 aromatic rings. The molecule has 0 aliphatic rings. The predicted octanol–water partition coefficient (Wildman–Crippen LogP) is 1.97. The lowest BCUT2D eigenvalue weighted by Gasteiger charge is -2.04. The molecule has 0 fully saturated rings. The van der Waals surface area contributed by atoms with Crippen molar-refractivity contribution in [2.75, 3.05) is 11.9 Å². The Labute approximate surface area is 70.1 Å². The molecule has 0 amide bonds. The van der Waals surface area contributed by atoms with E-state index in [0.717, 1.165) is 6.42 Å². The molecule has 0 aromatic carbocycles. The van der Waals surface area contributed by atoms with Crippen LogP contribution in [0.25, 0.3) is 0 Å². The summed E-state index contributed by atoms with van der Waals surface area (Å²) in [6.45, 7) is 4.74. The van der Waals surface area contributed by atoms with Gasteiger partial charge in [0.1, 0.15) is 5.33 Å². The lowest BCUT2D eigenvalue weighted by Crippen LogP contribution is -2.07. The Morgan fingerprint density at radius 3 is 2.60 bits per heavy atom. The molecule has 2 nitrogen and oxygen atoms in total. The first-order valence-corrected chi connectivity index (χ1v) is 4.50. The summed E-state index contributed by atoms with van der Waals surface area (Å²) >= 11 is 3.01. The second-order valence-electron chi connectivity index (χ2n) is 2.54. The van der Waals surface area contributed by atoms with E-state index in [-0.39, 0.29) is 5.97 Å². The zero-order valence-corrected chi connectivity index (χ0v) is 7.98. The highest BCUT2D eigenvalue weighted by Crippen LogP contribution is 1.99. The standard InChI is InChI=1S/C7H13BrO2/c1-6(2)3-4-10-7(9)5-8/h6H,3-5H2,1-2H3. The number of rotatable bonds is 4. The third kappa shape index (κ3) is 6.08. The maximum absolute atomic E-state index is 10.5. The van der Waals surface area contributed by atoms with Gasteiger partial charge in [0.05, 0.1) is 6.61 Å². The first kappa shape index (κ1) is 9.95. The SMILES string of the molecule is CC(C)CCOC(=O)CBr. The van der Waals surface area contributed by atoms with Crippen LogP contribution in [0.1, 0.15) is 20.3 Å². The summed E-state index contributed by atoms with van der Waals surface area (Å²) in [4.78, 5) is 10.5. The Kier molecular flexibility index (Phi) is 5.69. The van der Waals surface area contributed by atoms with Crippen molar-refractivity contribution in [2.45, 2.75) is 20.3 Å². The molecule has 60 valence electrons. The molecule has 0 aliphatic heterocycles. The molecule has 0 spiro atoms. The Balaban J connectivity index is 3.12. The molecule has 0 saturated heterocycles. The molecule has 0 atom stereocenters. The molecule has 0 N–H and O–H groups in total. The minimum atomic E-state index is -0.180. The van der Waals surface area contributed by atoms with Crippen LogP contribution in [0.4, 0.5) is 0 Å². The number of ether oxygens (including phenoxy) is 1. The van der Waals surface area contributed by atoms with Crippen molar-refractivity contribution < 1.29 is 9.53 Å². The normalized spacial score (nSPS) is 10.0. The summed E-state index contributed by atoms with van der Waals surface area (Å²) < 4.78 is 4.82. The van der Waals surface area contributed by atoms with Crippen molar-refractivity contribution in [3.63, 3.8) is 0 Å². The van der Waals surface area contributed by atoms with Crippen LogP contribution in [0.15, 0.2) is 0 Å². The van der Waals surface area contributed by atoms with Gasteiger partial charge in [-0.25, -0.2) is 0 Å². The third-order valence-corrected chi connectivity index (χ3v) is 1.53. The van der Waals surface area contributed by atoms with E-state index in [4.69, 9.17) is 4.74 Å². The summed E-state index contributed by atoms with van der Waals surface area (Å²) in [7, 11) is 0. The highest BCUT2D eigenvalue weighted by molar-refractivity contribution is 9.09. The van der Waals surface area contributed by atoms with E-state index in [1.54, 1.807) is 0 Å². The van der Waals surface area contributed by atoms with Crippen LogP contribution in [-0.2, 0) is 9.53 Å². The Hall–Kier alpha value is -0.0500. The average Bonchev–Trinajstić information content (AvgIpc) is 1.87. The van der Waals surface area contributed by atoms with E-state index < -0.39 is 0 Å². The third-order valence-electron chi connectivity index (χ3n) is 1.07. The number of esters is 1. The van der Waals surface area contributed by atoms with Crippen LogP contribution in [0.5, 0.6) is 0 Å². The molecule has 0 radical (unpaired) electrons. The zero-order valence-electron chi connectivity index (χ0n) is 6.39. The van der Waals surface area contributed by atoms with Crippen molar-refractivity contribution in [1.29, 1.82) is 0 Å². The largest absolute Gasteiger partial charge is 0.465 e. The first-order chi connectivity index (χ1) is 4.66. The van der Waals surface area contributed by atoms with Crippen molar-refractivity contribution in [2.24, 2.45) is 5.92 Å². The van der Waals surface area contributed by atoms with E-state index in [1.807, 2.05) is 0 Å². The highest BCUT2D eigenvalue weighted by atomic mass is 79.9. The van der Waals surface area contributed by atoms with Crippen molar-refractivity contribution in [3.8, 4) is 0 Å². The average molecular weight is 209 g/mol. The number of hydrogen-bond donors (Lipinski definition) is 0. The fraction of sp³-hybridized carbons (Fsp3) is 0.857. The second kappa shape index (κ2) is 5.71. The Morgan fingerprint density at radius 2 is 2.20 bits per heavy atom. The fourth-order valence-electron chi connectivity index (χ4n) is 0.447. The van der Waals surface area contributed by atoms with Gasteiger partial charge in [0.25, 0.3) is 0 Å². The summed E-state index contributed by atoms with van der Waals surface area (Å²) in [5.41, 5.74) is 0. The van der Waals surface area contributed by atoms with Crippen LogP contribution in [0.2, 0.25) is 0 Å². The number of carbonyl (C=O) groups is 1. The van der Waals surface area contributed by atoms with Gasteiger partial charge >= 0.3 is 5.97 Å². The topological polar surface area (TPSA) is 26.3 Å². The van der Waals surface area contributed by atoms with Gasteiger partial charge in [0, 0.05) is 0 Å². The van der Waals surface area contributed by atoms with Crippen molar-refractivity contribution >= 4 is 21.9 Å². The predicted molar refractivity (Wildman–Crippen MR) is 44.2 cm³/mol. The molecule has 0 aromatic heterocycles. The molecular weight excluding hydrogens is 196 g/mol. The van der Waals surface area contributed by atoms with Crippen LogP contribution < -0.4 is 0 Å². The molecular formula is C7H13BrO2. The van der Waals surface area contributed by atoms with Gasteiger partial charge in [0.15, 0.2) is 0 Å². The van der Waals surface area contributed by atoms with E-state index in [2.05, 4.69) is 29.8 Å². The van der Waals surface area contributed by atoms with Gasteiger partial charge in [-0.2, -0.15) is 0 Å². The van der Waals surface area contributed by atoms with Gasteiger partial charge in [-0.15, -0.1) is 0 Å². The van der Waals surface area contributed by atoms with Crippen molar-refractivity contribution in [3.05, 3.63) is 0 Å². The molecule has 0 aliphatic carbocycles. The molecule has 0 rings (SSSR count). The minimum absolute atomic E-state index is 0.180. The van der Waals surface area contributed by atoms with Gasteiger partial charge < -0.3 is 4.74 Å². The zero-order chi connectivity index (χ0) is 7.98. The van der Waals surface area contributed by atoms with Gasteiger partial charge in [-0.1, -0.05) is 29.8 Å². The molecule has 3 heteroatoms. The minimum Gasteiger partial charge on any atom is -0.465 e. The molecule has 10 heavy (non-hydrogen) atoms. The monoisotopic (exact) mass is 208 g/mol. The van der Waals surface area contributed by atoms with E-state index in [9.17, 15) is 4.79 Å². The maximum Gasteiger partial charge on any atom is 0.316 e. The summed E-state index contributed by atoms with van der Waals surface area (Å²) in [6, 6.07) is 0. The first-order valence-electron chi connectivity index (χ1n) is 3.38. The number of carbonyl (C=O) groups excluding carboxylic acids is 1. The maximum atomic E-state index is 10.5. The van der Waals surface area contributed by atoms with E-state index in [1.165, 1.54) is 0 Å². The molecule has 0 heterocycles. The molecule has 0 saturated carbocycles.